The fourth-order valence-corrected chi connectivity index (χ4v) is 5.40. The zero-order chi connectivity index (χ0) is 21.3. The van der Waals surface area contributed by atoms with Crippen molar-refractivity contribution in [3.8, 4) is 0 Å². The topological polar surface area (TPSA) is 86.7 Å². The van der Waals surface area contributed by atoms with Gasteiger partial charge in [-0.1, -0.05) is 110 Å². The van der Waals surface area contributed by atoms with Gasteiger partial charge in [-0.05, 0) is 26.2 Å². The van der Waals surface area contributed by atoms with Gasteiger partial charge >= 0.3 is 8.80 Å². The van der Waals surface area contributed by atoms with Crippen molar-refractivity contribution in [2.24, 2.45) is 11.7 Å². The van der Waals surface area contributed by atoms with Gasteiger partial charge in [0.05, 0.1) is 0 Å². The highest BCUT2D eigenvalue weighted by molar-refractivity contribution is 6.56. The molecule has 0 aromatic rings. The summed E-state index contributed by atoms with van der Waals surface area (Å²) < 4.78 is 0. The standard InChI is InChI=1S/C23H51NO3Si/c1-4-5-6-7-8-9-10-11-12-13-14-15-16-17-18-19-20-22(23(2,3)24)21-28(25,26)27/h22,25-27H,4-21,24H2,1-3H3. The largest absolute Gasteiger partial charge is 0.493 e. The van der Waals surface area contributed by atoms with Gasteiger partial charge in [0, 0.05) is 11.6 Å². The minimum absolute atomic E-state index is 0.0363. The van der Waals surface area contributed by atoms with E-state index >= 15 is 0 Å². The second-order valence-electron chi connectivity index (χ2n) is 9.59. The lowest BCUT2D eigenvalue weighted by atomic mass is 9.85. The molecular formula is C23H51NO3Si. The van der Waals surface area contributed by atoms with Crippen molar-refractivity contribution in [1.29, 1.82) is 0 Å². The van der Waals surface area contributed by atoms with Crippen LogP contribution in [0.3, 0.4) is 0 Å². The average Bonchev–Trinajstić information content (AvgIpc) is 2.58. The molecule has 0 spiro atoms. The molecule has 5 N–H and O–H groups in total. The lowest BCUT2D eigenvalue weighted by molar-refractivity contribution is 0.197. The molecule has 170 valence electrons. The maximum Gasteiger partial charge on any atom is 0.493 e. The second-order valence-corrected chi connectivity index (χ2v) is 11.5. The Morgan fingerprint density at radius 2 is 0.964 bits per heavy atom. The van der Waals surface area contributed by atoms with Crippen LogP contribution in [0.15, 0.2) is 0 Å². The number of rotatable bonds is 20. The van der Waals surface area contributed by atoms with Crippen molar-refractivity contribution in [2.45, 2.75) is 142 Å². The van der Waals surface area contributed by atoms with Gasteiger partial charge in [-0.2, -0.15) is 0 Å². The van der Waals surface area contributed by atoms with Gasteiger partial charge in [-0.25, -0.2) is 0 Å². The van der Waals surface area contributed by atoms with Crippen LogP contribution in [0.5, 0.6) is 0 Å². The zero-order valence-corrected chi connectivity index (χ0v) is 20.2. The van der Waals surface area contributed by atoms with Crippen molar-refractivity contribution >= 4 is 8.80 Å². The molecular weight excluding hydrogens is 366 g/mol. The first kappa shape index (κ1) is 28.1. The van der Waals surface area contributed by atoms with Gasteiger partial charge < -0.3 is 20.1 Å². The van der Waals surface area contributed by atoms with Gasteiger partial charge in [0.25, 0.3) is 0 Å². The third kappa shape index (κ3) is 19.4. The lowest BCUT2D eigenvalue weighted by Gasteiger charge is -2.32. The van der Waals surface area contributed by atoms with E-state index in [2.05, 4.69) is 6.92 Å². The third-order valence-electron chi connectivity index (χ3n) is 5.98. The Kier molecular flexibility index (Phi) is 16.8. The average molecular weight is 418 g/mol. The van der Waals surface area contributed by atoms with Crippen LogP contribution in [0.1, 0.15) is 130 Å². The molecule has 0 radical (unpaired) electrons. The maximum absolute atomic E-state index is 9.38. The molecule has 0 saturated carbocycles. The Balaban J connectivity index is 3.45. The summed E-state index contributed by atoms with van der Waals surface area (Å²) in [7, 11) is -4.02. The molecule has 0 amide bonds. The van der Waals surface area contributed by atoms with Crippen LogP contribution in [-0.4, -0.2) is 28.7 Å². The molecule has 28 heavy (non-hydrogen) atoms. The first-order valence-electron chi connectivity index (χ1n) is 12.1. The summed E-state index contributed by atoms with van der Waals surface area (Å²) in [4.78, 5) is 28.1. The summed E-state index contributed by atoms with van der Waals surface area (Å²) in [5, 5.41) is 0. The minimum atomic E-state index is -4.02. The molecule has 0 aromatic heterocycles. The van der Waals surface area contributed by atoms with Gasteiger partial charge in [-0.15, -0.1) is 0 Å². The summed E-state index contributed by atoms with van der Waals surface area (Å²) in [5.41, 5.74) is 5.66. The number of hydrogen-bond donors (Lipinski definition) is 4. The molecule has 0 aliphatic heterocycles. The Morgan fingerprint density at radius 3 is 1.25 bits per heavy atom. The van der Waals surface area contributed by atoms with E-state index in [9.17, 15) is 14.4 Å². The fraction of sp³-hybridized carbons (Fsp3) is 1.00. The molecule has 0 aliphatic carbocycles. The van der Waals surface area contributed by atoms with Gasteiger partial charge in [0.15, 0.2) is 0 Å². The maximum atomic E-state index is 9.38. The van der Waals surface area contributed by atoms with Crippen LogP contribution in [0, 0.1) is 5.92 Å². The summed E-state index contributed by atoms with van der Waals surface area (Å²) in [6, 6.07) is 0.0508. The molecule has 0 aromatic carbocycles. The van der Waals surface area contributed by atoms with Crippen molar-refractivity contribution in [3.63, 3.8) is 0 Å². The Morgan fingerprint density at radius 1 is 0.643 bits per heavy atom. The minimum Gasteiger partial charge on any atom is -0.390 e. The van der Waals surface area contributed by atoms with Crippen molar-refractivity contribution < 1.29 is 14.4 Å². The van der Waals surface area contributed by atoms with Crippen LogP contribution < -0.4 is 5.73 Å². The van der Waals surface area contributed by atoms with Crippen molar-refractivity contribution in [2.75, 3.05) is 0 Å². The molecule has 0 aliphatic rings. The smallest absolute Gasteiger partial charge is 0.390 e. The highest BCUT2D eigenvalue weighted by Crippen LogP contribution is 2.27. The zero-order valence-electron chi connectivity index (χ0n) is 19.2. The summed E-state index contributed by atoms with van der Waals surface area (Å²) in [6.07, 6.45) is 22.4. The van der Waals surface area contributed by atoms with Crippen LogP contribution in [0.4, 0.5) is 0 Å². The first-order chi connectivity index (χ1) is 13.2. The molecule has 0 bridgehead atoms. The number of hydrogen-bond acceptors (Lipinski definition) is 4. The van der Waals surface area contributed by atoms with E-state index < -0.39 is 14.3 Å². The fourth-order valence-electron chi connectivity index (χ4n) is 4.01. The van der Waals surface area contributed by atoms with Crippen molar-refractivity contribution in [1.82, 2.24) is 0 Å². The Bertz CT molecular complexity index is 340. The molecule has 1 unspecified atom stereocenters. The monoisotopic (exact) mass is 417 g/mol. The van der Waals surface area contributed by atoms with Crippen LogP contribution in [0.2, 0.25) is 6.04 Å². The Labute approximate surface area is 176 Å². The summed E-state index contributed by atoms with van der Waals surface area (Å²) >= 11 is 0. The molecule has 0 heterocycles. The molecule has 0 fully saturated rings. The molecule has 1 atom stereocenters. The molecule has 0 saturated heterocycles. The van der Waals surface area contributed by atoms with Crippen LogP contribution in [-0.2, 0) is 0 Å². The molecule has 0 rings (SSSR count). The predicted molar refractivity (Wildman–Crippen MR) is 123 cm³/mol. The van der Waals surface area contributed by atoms with E-state index in [0.29, 0.717) is 0 Å². The quantitative estimate of drug-likeness (QED) is 0.146. The van der Waals surface area contributed by atoms with Gasteiger partial charge in [0.1, 0.15) is 0 Å². The summed E-state index contributed by atoms with van der Waals surface area (Å²) in [5.74, 6) is -0.0363. The van der Waals surface area contributed by atoms with E-state index in [-0.39, 0.29) is 12.0 Å². The predicted octanol–water partition coefficient (Wildman–Crippen LogP) is 5.91. The Hall–Kier alpha value is 0.0569. The SMILES string of the molecule is CCCCCCCCCCCCCCCCCCC(C[Si](O)(O)O)C(C)(C)N. The highest BCUT2D eigenvalue weighted by atomic mass is 28.4. The van der Waals surface area contributed by atoms with E-state index in [1.165, 1.54) is 96.3 Å². The van der Waals surface area contributed by atoms with E-state index in [4.69, 9.17) is 5.73 Å². The molecule has 5 heteroatoms. The van der Waals surface area contributed by atoms with Crippen LogP contribution >= 0.6 is 0 Å². The normalized spacial score (nSPS) is 13.8. The van der Waals surface area contributed by atoms with Gasteiger partial charge in [-0.3, -0.25) is 0 Å². The highest BCUT2D eigenvalue weighted by Gasteiger charge is 2.36. The van der Waals surface area contributed by atoms with E-state index in [0.717, 1.165) is 12.8 Å². The lowest BCUT2D eigenvalue weighted by Crippen LogP contribution is -2.47. The second kappa shape index (κ2) is 16.8. The summed E-state index contributed by atoms with van der Waals surface area (Å²) in [6.45, 7) is 6.09. The number of nitrogens with two attached hydrogens (primary N) is 1. The molecule has 4 nitrogen and oxygen atoms in total. The van der Waals surface area contributed by atoms with Crippen LogP contribution in [0.25, 0.3) is 0 Å². The number of unbranched alkanes of at least 4 members (excludes halogenated alkanes) is 15. The third-order valence-corrected chi connectivity index (χ3v) is 7.02. The van der Waals surface area contributed by atoms with E-state index in [1.807, 2.05) is 13.8 Å². The first-order valence-corrected chi connectivity index (χ1v) is 14.2. The van der Waals surface area contributed by atoms with Crippen molar-refractivity contribution in [3.05, 3.63) is 0 Å². The van der Waals surface area contributed by atoms with Gasteiger partial charge in [0.2, 0.25) is 0 Å². The van der Waals surface area contributed by atoms with E-state index in [1.54, 1.807) is 0 Å².